The van der Waals surface area contributed by atoms with E-state index in [2.05, 4.69) is 41.7 Å². The molecular weight excluding hydrogens is 318 g/mol. The number of rotatable bonds is 5. The summed E-state index contributed by atoms with van der Waals surface area (Å²) >= 11 is 1.55. The predicted octanol–water partition coefficient (Wildman–Crippen LogP) is 4.91. The van der Waals surface area contributed by atoms with E-state index < -0.39 is 0 Å². The van der Waals surface area contributed by atoms with E-state index in [0.29, 0.717) is 10.7 Å². The van der Waals surface area contributed by atoms with Crippen LogP contribution in [0.1, 0.15) is 25.0 Å². The molecule has 0 bridgehead atoms. The molecule has 0 fully saturated rings. The van der Waals surface area contributed by atoms with Crippen molar-refractivity contribution in [2.24, 2.45) is 4.99 Å². The fraction of sp³-hybridized carbons (Fsp3) is 0.263. The minimum atomic E-state index is 0.236. The first-order valence-electron chi connectivity index (χ1n) is 8.10. The third-order valence-electron chi connectivity index (χ3n) is 3.99. The Morgan fingerprint density at radius 1 is 1.17 bits per heavy atom. The van der Waals surface area contributed by atoms with E-state index in [1.807, 2.05) is 24.3 Å². The maximum absolute atomic E-state index is 10.3. The fourth-order valence-corrected chi connectivity index (χ4v) is 3.54. The summed E-state index contributed by atoms with van der Waals surface area (Å²) in [5, 5.41) is 10.9. The molecule has 0 aliphatic heterocycles. The zero-order chi connectivity index (χ0) is 17.1. The molecule has 2 aromatic carbocycles. The predicted molar refractivity (Wildman–Crippen MR) is 103 cm³/mol. The molecule has 0 unspecified atom stereocenters. The number of hydrogen-bond donors (Lipinski definition) is 1. The van der Waals surface area contributed by atoms with Crippen LogP contribution in [0.25, 0.3) is 10.2 Å². The van der Waals surface area contributed by atoms with Crippen molar-refractivity contribution >= 4 is 38.6 Å². The van der Waals surface area contributed by atoms with Crippen LogP contribution in [-0.4, -0.2) is 29.4 Å². The number of thiazole rings is 1. The van der Waals surface area contributed by atoms with Gasteiger partial charge in [-0.15, -0.1) is 0 Å². The molecule has 1 aromatic heterocycles. The molecule has 0 aliphatic rings. The summed E-state index contributed by atoms with van der Waals surface area (Å²) in [6, 6.07) is 11.9. The summed E-state index contributed by atoms with van der Waals surface area (Å²) in [7, 11) is 0. The van der Waals surface area contributed by atoms with Gasteiger partial charge in [-0.25, -0.2) is 9.98 Å². The Morgan fingerprint density at radius 2 is 1.96 bits per heavy atom. The molecule has 24 heavy (non-hydrogen) atoms. The Hall–Kier alpha value is -2.40. The number of hydrogen-bond acceptors (Lipinski definition) is 5. The monoisotopic (exact) mass is 339 g/mol. The second-order valence-electron chi connectivity index (χ2n) is 5.64. The number of anilines is 1. The van der Waals surface area contributed by atoms with Crippen LogP contribution in [0.3, 0.4) is 0 Å². The highest BCUT2D eigenvalue weighted by molar-refractivity contribution is 7.22. The average Bonchev–Trinajstić information content (AvgIpc) is 2.97. The second-order valence-corrected chi connectivity index (χ2v) is 6.65. The van der Waals surface area contributed by atoms with Crippen molar-refractivity contribution in [1.29, 1.82) is 0 Å². The van der Waals surface area contributed by atoms with Crippen molar-refractivity contribution in [2.75, 3.05) is 18.0 Å². The first-order chi connectivity index (χ1) is 11.6. The third kappa shape index (κ3) is 3.41. The third-order valence-corrected chi connectivity index (χ3v) is 4.92. The summed E-state index contributed by atoms with van der Waals surface area (Å²) in [6.07, 6.45) is 1.67. The molecule has 0 aliphatic carbocycles. The number of aryl methyl sites for hydroxylation is 1. The standard InChI is InChI=1S/C19H21N3OS/c1-4-22(5-2)15-8-7-14(17(23)11-15)12-20-19-21-16-9-6-13(3)10-18(16)24-19/h6-12,23H,4-5H2,1-3H3. The average molecular weight is 339 g/mol. The van der Waals surface area contributed by atoms with Gasteiger partial charge in [-0.3, -0.25) is 0 Å². The van der Waals surface area contributed by atoms with Gasteiger partial charge >= 0.3 is 0 Å². The Labute approximate surface area is 146 Å². The molecule has 0 radical (unpaired) electrons. The van der Waals surface area contributed by atoms with Gasteiger partial charge in [0.2, 0.25) is 5.13 Å². The largest absolute Gasteiger partial charge is 0.507 e. The number of benzene rings is 2. The molecule has 3 aromatic rings. The summed E-state index contributed by atoms with van der Waals surface area (Å²) in [5.74, 6) is 0.236. The van der Waals surface area contributed by atoms with E-state index in [-0.39, 0.29) is 5.75 Å². The van der Waals surface area contributed by atoms with Crippen LogP contribution in [0.4, 0.5) is 10.8 Å². The van der Waals surface area contributed by atoms with Crippen LogP contribution in [0.15, 0.2) is 41.4 Å². The molecule has 5 heteroatoms. The number of aromatic nitrogens is 1. The molecule has 1 N–H and O–H groups in total. The molecule has 0 atom stereocenters. The van der Waals surface area contributed by atoms with Crippen molar-refractivity contribution in [1.82, 2.24) is 4.98 Å². The van der Waals surface area contributed by atoms with Crippen molar-refractivity contribution in [3.63, 3.8) is 0 Å². The molecule has 0 saturated carbocycles. The molecule has 4 nitrogen and oxygen atoms in total. The first kappa shape index (κ1) is 16.5. The van der Waals surface area contributed by atoms with Gasteiger partial charge in [0.15, 0.2) is 0 Å². The smallest absolute Gasteiger partial charge is 0.210 e. The molecule has 0 saturated heterocycles. The van der Waals surface area contributed by atoms with Crippen molar-refractivity contribution in [3.8, 4) is 5.75 Å². The van der Waals surface area contributed by atoms with Crippen LogP contribution in [0, 0.1) is 6.92 Å². The van der Waals surface area contributed by atoms with E-state index in [4.69, 9.17) is 0 Å². The van der Waals surface area contributed by atoms with Crippen molar-refractivity contribution < 1.29 is 5.11 Å². The Balaban J connectivity index is 1.85. The highest BCUT2D eigenvalue weighted by atomic mass is 32.1. The van der Waals surface area contributed by atoms with Gasteiger partial charge in [0.25, 0.3) is 0 Å². The Morgan fingerprint density at radius 3 is 2.67 bits per heavy atom. The number of aliphatic imine (C=N–C) groups is 1. The van der Waals surface area contributed by atoms with Gasteiger partial charge < -0.3 is 10.0 Å². The molecular formula is C19H21N3OS. The number of aromatic hydroxyl groups is 1. The SMILES string of the molecule is CCN(CC)c1ccc(C=Nc2nc3ccc(C)cc3s2)c(O)c1. The van der Waals surface area contributed by atoms with Gasteiger partial charge in [0.05, 0.1) is 10.2 Å². The lowest BCUT2D eigenvalue weighted by molar-refractivity contribution is 0.474. The minimum Gasteiger partial charge on any atom is -0.507 e. The van der Waals surface area contributed by atoms with Gasteiger partial charge in [-0.1, -0.05) is 17.4 Å². The molecule has 124 valence electrons. The zero-order valence-corrected chi connectivity index (χ0v) is 15.0. The van der Waals surface area contributed by atoms with Gasteiger partial charge in [-0.2, -0.15) is 0 Å². The zero-order valence-electron chi connectivity index (χ0n) is 14.2. The maximum atomic E-state index is 10.3. The summed E-state index contributed by atoms with van der Waals surface area (Å²) in [6.45, 7) is 8.09. The highest BCUT2D eigenvalue weighted by Crippen LogP contribution is 2.29. The van der Waals surface area contributed by atoms with Gasteiger partial charge in [0, 0.05) is 36.6 Å². The molecule has 0 spiro atoms. The number of phenols is 1. The van der Waals surface area contributed by atoms with Crippen molar-refractivity contribution in [2.45, 2.75) is 20.8 Å². The first-order valence-corrected chi connectivity index (χ1v) is 8.91. The van der Waals surface area contributed by atoms with E-state index in [9.17, 15) is 5.11 Å². The Kier molecular flexibility index (Phi) is 4.81. The molecule has 1 heterocycles. The highest BCUT2D eigenvalue weighted by Gasteiger charge is 2.06. The number of nitrogens with zero attached hydrogens (tertiary/aromatic N) is 3. The number of phenolic OH excluding ortho intramolecular Hbond substituents is 1. The summed E-state index contributed by atoms with van der Waals surface area (Å²) in [5.41, 5.74) is 3.89. The van der Waals surface area contributed by atoms with Crippen LogP contribution in [-0.2, 0) is 0 Å². The second kappa shape index (κ2) is 7.01. The van der Waals surface area contributed by atoms with Crippen LogP contribution in [0.2, 0.25) is 0 Å². The lowest BCUT2D eigenvalue weighted by atomic mass is 10.2. The lowest BCUT2D eigenvalue weighted by Crippen LogP contribution is -2.21. The molecule has 0 amide bonds. The van der Waals surface area contributed by atoms with E-state index in [1.54, 1.807) is 23.6 Å². The number of fused-ring (bicyclic) bond motifs is 1. The van der Waals surface area contributed by atoms with Gasteiger partial charge in [-0.05, 0) is 50.6 Å². The Bertz CT molecular complexity index is 881. The molecule has 3 rings (SSSR count). The van der Waals surface area contributed by atoms with Crippen LogP contribution < -0.4 is 4.90 Å². The van der Waals surface area contributed by atoms with Crippen LogP contribution >= 0.6 is 11.3 Å². The lowest BCUT2D eigenvalue weighted by Gasteiger charge is -2.21. The summed E-state index contributed by atoms with van der Waals surface area (Å²) in [4.78, 5) is 11.1. The normalized spacial score (nSPS) is 11.5. The van der Waals surface area contributed by atoms with Crippen molar-refractivity contribution in [3.05, 3.63) is 47.5 Å². The quantitative estimate of drug-likeness (QED) is 0.672. The fourth-order valence-electron chi connectivity index (χ4n) is 2.63. The van der Waals surface area contributed by atoms with E-state index >= 15 is 0 Å². The van der Waals surface area contributed by atoms with E-state index in [1.165, 1.54) is 5.56 Å². The van der Waals surface area contributed by atoms with Crippen LogP contribution in [0.5, 0.6) is 5.75 Å². The summed E-state index contributed by atoms with van der Waals surface area (Å²) < 4.78 is 1.13. The van der Waals surface area contributed by atoms with Gasteiger partial charge in [0.1, 0.15) is 5.75 Å². The van der Waals surface area contributed by atoms with E-state index in [0.717, 1.165) is 29.0 Å². The maximum Gasteiger partial charge on any atom is 0.210 e. The minimum absolute atomic E-state index is 0.236. The topological polar surface area (TPSA) is 48.7 Å².